The Morgan fingerprint density at radius 1 is 1.24 bits per heavy atom. The van der Waals surface area contributed by atoms with E-state index in [9.17, 15) is 4.79 Å². The number of pyridine rings is 1. The molecule has 1 aliphatic rings. The molecule has 0 bridgehead atoms. The van der Waals surface area contributed by atoms with Crippen molar-refractivity contribution >= 4 is 22.5 Å². The number of carbonyl (C=O) groups excluding carboxylic acids is 1. The zero-order valence-corrected chi connectivity index (χ0v) is 12.5. The molecule has 1 aromatic carbocycles. The molecule has 21 heavy (non-hydrogen) atoms. The van der Waals surface area contributed by atoms with Gasteiger partial charge in [0.1, 0.15) is 5.69 Å². The molecule has 1 amide bonds. The summed E-state index contributed by atoms with van der Waals surface area (Å²) in [7, 11) is 0. The molecule has 1 aromatic heterocycles. The van der Waals surface area contributed by atoms with Crippen LogP contribution in [0.1, 0.15) is 30.8 Å². The van der Waals surface area contributed by atoms with E-state index in [0.29, 0.717) is 23.2 Å². The average Bonchev–Trinajstić information content (AvgIpc) is 2.45. The van der Waals surface area contributed by atoms with Gasteiger partial charge in [0.2, 0.25) is 0 Å². The summed E-state index contributed by atoms with van der Waals surface area (Å²) in [5.41, 5.74) is 7.91. The molecule has 2 heterocycles. The van der Waals surface area contributed by atoms with E-state index in [0.717, 1.165) is 24.0 Å². The van der Waals surface area contributed by atoms with Crippen LogP contribution in [-0.4, -0.2) is 28.9 Å². The molecule has 110 valence electrons. The smallest absolute Gasteiger partial charge is 0.272 e. The lowest BCUT2D eigenvalue weighted by Gasteiger charge is -2.34. The van der Waals surface area contributed by atoms with Crippen molar-refractivity contribution in [1.82, 2.24) is 9.88 Å². The van der Waals surface area contributed by atoms with Crippen molar-refractivity contribution in [2.75, 3.05) is 18.8 Å². The number of para-hydroxylation sites is 1. The third-order valence-electron chi connectivity index (χ3n) is 4.12. The predicted octanol–water partition coefficient (Wildman–Crippen LogP) is 2.94. The molecular weight excluding hydrogens is 262 g/mol. The van der Waals surface area contributed by atoms with Gasteiger partial charge >= 0.3 is 0 Å². The topological polar surface area (TPSA) is 59.2 Å². The first kappa shape index (κ1) is 13.9. The first-order valence-corrected chi connectivity index (χ1v) is 7.49. The summed E-state index contributed by atoms with van der Waals surface area (Å²) in [5, 5.41) is 0.898. The number of nitrogens with two attached hydrogens (primary N) is 1. The first-order chi connectivity index (χ1) is 10.0. The van der Waals surface area contributed by atoms with E-state index in [1.54, 1.807) is 6.07 Å². The lowest BCUT2D eigenvalue weighted by atomic mass is 9.91. The number of carbonyl (C=O) groups is 1. The van der Waals surface area contributed by atoms with Gasteiger partial charge in [0.05, 0.1) is 5.52 Å². The second-order valence-corrected chi connectivity index (χ2v) is 6.27. The Kier molecular flexibility index (Phi) is 3.53. The fourth-order valence-electron chi connectivity index (χ4n) is 3.30. The lowest BCUT2D eigenvalue weighted by molar-refractivity contribution is 0.0617. The number of aromatic nitrogens is 1. The maximum atomic E-state index is 12.7. The third kappa shape index (κ3) is 2.71. The number of nitrogen functional groups attached to an aromatic ring is 1. The van der Waals surface area contributed by atoms with Gasteiger partial charge in [-0.1, -0.05) is 32.0 Å². The number of amides is 1. The summed E-state index contributed by atoms with van der Waals surface area (Å²) in [6.45, 7) is 5.99. The Balaban J connectivity index is 1.94. The number of hydrogen-bond donors (Lipinski definition) is 1. The molecule has 1 aliphatic heterocycles. The molecule has 3 rings (SSSR count). The van der Waals surface area contributed by atoms with E-state index >= 15 is 0 Å². The van der Waals surface area contributed by atoms with Crippen LogP contribution in [0.25, 0.3) is 10.9 Å². The van der Waals surface area contributed by atoms with Crippen molar-refractivity contribution in [2.24, 2.45) is 11.8 Å². The normalized spacial score (nSPS) is 22.5. The number of hydrogen-bond acceptors (Lipinski definition) is 3. The van der Waals surface area contributed by atoms with Crippen molar-refractivity contribution in [3.8, 4) is 0 Å². The van der Waals surface area contributed by atoms with Gasteiger partial charge in [-0.05, 0) is 30.4 Å². The number of anilines is 1. The van der Waals surface area contributed by atoms with Gasteiger partial charge in [0.25, 0.3) is 5.91 Å². The Labute approximate surface area is 125 Å². The van der Waals surface area contributed by atoms with E-state index < -0.39 is 0 Å². The lowest BCUT2D eigenvalue weighted by Crippen LogP contribution is -2.42. The fraction of sp³-hybridized carbons (Fsp3) is 0.412. The van der Waals surface area contributed by atoms with Crippen LogP contribution in [0, 0.1) is 11.8 Å². The third-order valence-corrected chi connectivity index (χ3v) is 4.12. The molecule has 2 aromatic rings. The van der Waals surface area contributed by atoms with Gasteiger partial charge in [0, 0.05) is 24.2 Å². The zero-order valence-electron chi connectivity index (χ0n) is 12.5. The van der Waals surface area contributed by atoms with E-state index in [-0.39, 0.29) is 5.91 Å². The van der Waals surface area contributed by atoms with E-state index in [1.807, 2.05) is 29.2 Å². The summed E-state index contributed by atoms with van der Waals surface area (Å²) >= 11 is 0. The van der Waals surface area contributed by atoms with Crippen molar-refractivity contribution in [2.45, 2.75) is 20.3 Å². The van der Waals surface area contributed by atoms with Crippen LogP contribution in [0.15, 0.2) is 30.3 Å². The van der Waals surface area contributed by atoms with Gasteiger partial charge in [-0.2, -0.15) is 0 Å². The second kappa shape index (κ2) is 5.35. The molecular formula is C17H21N3O. The number of nitrogens with zero attached hydrogens (tertiary/aromatic N) is 2. The highest BCUT2D eigenvalue weighted by molar-refractivity contribution is 5.99. The Hall–Kier alpha value is -2.10. The summed E-state index contributed by atoms with van der Waals surface area (Å²) in [5.74, 6) is 1.07. The zero-order chi connectivity index (χ0) is 15.0. The maximum absolute atomic E-state index is 12.7. The van der Waals surface area contributed by atoms with Crippen LogP contribution in [0.2, 0.25) is 0 Å². The Morgan fingerprint density at radius 3 is 2.62 bits per heavy atom. The monoisotopic (exact) mass is 283 g/mol. The summed E-state index contributed by atoms with van der Waals surface area (Å²) in [4.78, 5) is 19.1. The predicted molar refractivity (Wildman–Crippen MR) is 85.0 cm³/mol. The molecule has 1 fully saturated rings. The van der Waals surface area contributed by atoms with Gasteiger partial charge in [-0.25, -0.2) is 4.98 Å². The van der Waals surface area contributed by atoms with Crippen LogP contribution in [0.3, 0.4) is 0 Å². The maximum Gasteiger partial charge on any atom is 0.272 e. The highest BCUT2D eigenvalue weighted by Gasteiger charge is 2.27. The molecule has 2 N–H and O–H groups in total. The number of benzene rings is 1. The molecule has 4 heteroatoms. The molecule has 0 saturated carbocycles. The molecule has 2 unspecified atom stereocenters. The molecule has 1 saturated heterocycles. The molecule has 0 radical (unpaired) electrons. The molecule has 4 nitrogen and oxygen atoms in total. The highest BCUT2D eigenvalue weighted by atomic mass is 16.2. The summed E-state index contributed by atoms with van der Waals surface area (Å²) in [6, 6.07) is 9.36. The number of fused-ring (bicyclic) bond motifs is 1. The number of rotatable bonds is 1. The highest BCUT2D eigenvalue weighted by Crippen LogP contribution is 2.24. The Morgan fingerprint density at radius 2 is 1.90 bits per heavy atom. The quantitative estimate of drug-likeness (QED) is 0.875. The number of likely N-dealkylation sites (tertiary alicyclic amines) is 1. The first-order valence-electron chi connectivity index (χ1n) is 7.49. The van der Waals surface area contributed by atoms with Crippen LogP contribution in [0.4, 0.5) is 5.69 Å². The molecule has 0 aliphatic carbocycles. The van der Waals surface area contributed by atoms with Gasteiger partial charge in [-0.3, -0.25) is 4.79 Å². The molecule has 0 spiro atoms. The van der Waals surface area contributed by atoms with Crippen LogP contribution < -0.4 is 5.73 Å². The van der Waals surface area contributed by atoms with Crippen LogP contribution >= 0.6 is 0 Å². The minimum Gasteiger partial charge on any atom is -0.398 e. The molecule has 2 atom stereocenters. The van der Waals surface area contributed by atoms with Crippen molar-refractivity contribution < 1.29 is 4.79 Å². The van der Waals surface area contributed by atoms with Gasteiger partial charge < -0.3 is 10.6 Å². The van der Waals surface area contributed by atoms with Crippen molar-refractivity contribution in [3.63, 3.8) is 0 Å². The Bertz CT molecular complexity index is 673. The van der Waals surface area contributed by atoms with Gasteiger partial charge in [0.15, 0.2) is 0 Å². The summed E-state index contributed by atoms with van der Waals surface area (Å²) < 4.78 is 0. The number of piperidine rings is 1. The van der Waals surface area contributed by atoms with E-state index in [4.69, 9.17) is 5.73 Å². The average molecular weight is 283 g/mol. The van der Waals surface area contributed by atoms with Gasteiger partial charge in [-0.15, -0.1) is 0 Å². The minimum atomic E-state index is -0.00847. The van der Waals surface area contributed by atoms with Crippen LogP contribution in [0.5, 0.6) is 0 Å². The summed E-state index contributed by atoms with van der Waals surface area (Å²) in [6.07, 6.45) is 1.18. The minimum absolute atomic E-state index is 0.00847. The second-order valence-electron chi connectivity index (χ2n) is 6.27. The van der Waals surface area contributed by atoms with Crippen molar-refractivity contribution in [3.05, 3.63) is 36.0 Å². The van der Waals surface area contributed by atoms with E-state index in [1.165, 1.54) is 6.42 Å². The van der Waals surface area contributed by atoms with E-state index in [2.05, 4.69) is 18.8 Å². The standard InChI is InChI=1S/C17H21N3O/c1-11-7-12(2)10-20(9-11)17(21)16-8-14(18)13-5-3-4-6-15(13)19-16/h3-6,8,11-12H,7,9-10H2,1-2H3,(H2,18,19). The SMILES string of the molecule is CC1CC(C)CN(C(=O)c2cc(N)c3ccccc3n2)C1. The fourth-order valence-corrected chi connectivity index (χ4v) is 3.30. The largest absolute Gasteiger partial charge is 0.398 e. The van der Waals surface area contributed by atoms with Crippen molar-refractivity contribution in [1.29, 1.82) is 0 Å². The van der Waals surface area contributed by atoms with Crippen LogP contribution in [-0.2, 0) is 0 Å².